The first-order valence-electron chi connectivity index (χ1n) is 9.01. The molecule has 28 heavy (non-hydrogen) atoms. The maximum Gasteiger partial charge on any atom is 0.248 e. The van der Waals surface area contributed by atoms with Crippen LogP contribution in [0.3, 0.4) is 0 Å². The highest BCUT2D eigenvalue weighted by atomic mass is 35.5. The molecule has 0 saturated heterocycles. The Morgan fingerprint density at radius 3 is 2.32 bits per heavy atom. The van der Waals surface area contributed by atoms with Crippen LogP contribution in [0.1, 0.15) is 53.7 Å². The number of primary amides is 1. The van der Waals surface area contributed by atoms with E-state index >= 15 is 0 Å². The van der Waals surface area contributed by atoms with E-state index in [1.807, 2.05) is 12.1 Å². The third-order valence-corrected chi connectivity index (χ3v) is 4.27. The highest BCUT2D eigenvalue weighted by molar-refractivity contribution is 5.93. The van der Waals surface area contributed by atoms with Crippen molar-refractivity contribution in [2.75, 3.05) is 13.2 Å². The van der Waals surface area contributed by atoms with Gasteiger partial charge in [-0.2, -0.15) is 0 Å². The van der Waals surface area contributed by atoms with Crippen LogP contribution in [0.4, 0.5) is 0 Å². The van der Waals surface area contributed by atoms with Gasteiger partial charge in [0.1, 0.15) is 5.75 Å². The van der Waals surface area contributed by atoms with Gasteiger partial charge in [0.2, 0.25) is 11.8 Å². The number of nitrogens with two attached hydrogens (primary N) is 2. The molecule has 1 unspecified atom stereocenters. The summed E-state index contributed by atoms with van der Waals surface area (Å²) in [6, 6.07) is 14.4. The smallest absolute Gasteiger partial charge is 0.248 e. The Bertz CT molecular complexity index is 779. The molecule has 0 saturated carbocycles. The van der Waals surface area contributed by atoms with Crippen molar-refractivity contribution in [3.05, 3.63) is 65.2 Å². The third-order valence-electron chi connectivity index (χ3n) is 4.27. The predicted octanol–water partition coefficient (Wildman–Crippen LogP) is 2.92. The Balaban J connectivity index is 0.00000392. The van der Waals surface area contributed by atoms with Crippen molar-refractivity contribution in [2.24, 2.45) is 11.5 Å². The molecule has 0 bridgehead atoms. The predicted molar refractivity (Wildman–Crippen MR) is 113 cm³/mol. The molecule has 2 rings (SSSR count). The van der Waals surface area contributed by atoms with Crippen molar-refractivity contribution in [1.82, 2.24) is 5.32 Å². The molecule has 0 aromatic heterocycles. The van der Waals surface area contributed by atoms with E-state index in [0.29, 0.717) is 23.8 Å². The molecule has 2 aromatic rings. The van der Waals surface area contributed by atoms with Crippen LogP contribution in [-0.4, -0.2) is 25.0 Å². The maximum atomic E-state index is 12.0. The average Bonchev–Trinajstić information content (AvgIpc) is 2.66. The fourth-order valence-electron chi connectivity index (χ4n) is 2.56. The van der Waals surface area contributed by atoms with Gasteiger partial charge in [-0.15, -0.1) is 12.4 Å². The molecule has 0 aliphatic rings. The Kier molecular flexibility index (Phi) is 9.48. The number of carbonyl (C=O) groups is 2. The molecule has 152 valence electrons. The number of amides is 2. The molecule has 2 aromatic carbocycles. The van der Waals surface area contributed by atoms with Crippen LogP contribution in [-0.2, 0) is 4.79 Å². The summed E-state index contributed by atoms with van der Waals surface area (Å²) in [4.78, 5) is 23.1. The highest BCUT2D eigenvalue weighted by Crippen LogP contribution is 2.17. The lowest BCUT2D eigenvalue weighted by Gasteiger charge is -2.15. The van der Waals surface area contributed by atoms with Crippen molar-refractivity contribution in [3.63, 3.8) is 0 Å². The van der Waals surface area contributed by atoms with E-state index in [1.165, 1.54) is 5.56 Å². The van der Waals surface area contributed by atoms with Crippen LogP contribution >= 0.6 is 12.4 Å². The molecule has 0 fully saturated rings. The minimum Gasteiger partial charge on any atom is -0.493 e. The maximum absolute atomic E-state index is 12.0. The number of carbonyl (C=O) groups excluding carboxylic acids is 2. The lowest BCUT2D eigenvalue weighted by Crippen LogP contribution is -2.32. The van der Waals surface area contributed by atoms with E-state index in [2.05, 4.69) is 31.3 Å². The summed E-state index contributed by atoms with van der Waals surface area (Å²) in [5, 5.41) is 2.82. The Labute approximate surface area is 172 Å². The van der Waals surface area contributed by atoms with Crippen molar-refractivity contribution >= 4 is 24.2 Å². The van der Waals surface area contributed by atoms with Gasteiger partial charge in [-0.05, 0) is 35.2 Å². The zero-order chi connectivity index (χ0) is 19.8. The van der Waals surface area contributed by atoms with E-state index in [0.717, 1.165) is 5.56 Å². The fourth-order valence-corrected chi connectivity index (χ4v) is 2.56. The second kappa shape index (κ2) is 11.3. The largest absolute Gasteiger partial charge is 0.493 e. The molecule has 0 heterocycles. The van der Waals surface area contributed by atoms with Gasteiger partial charge in [0.05, 0.1) is 13.0 Å². The summed E-state index contributed by atoms with van der Waals surface area (Å²) >= 11 is 0. The van der Waals surface area contributed by atoms with Crippen molar-refractivity contribution in [2.45, 2.75) is 32.2 Å². The van der Waals surface area contributed by atoms with Crippen LogP contribution in [0.5, 0.6) is 5.75 Å². The normalized spacial score (nSPS) is 11.4. The van der Waals surface area contributed by atoms with Gasteiger partial charge in [0.15, 0.2) is 0 Å². The van der Waals surface area contributed by atoms with Gasteiger partial charge < -0.3 is 21.5 Å². The first-order chi connectivity index (χ1) is 12.9. The fraction of sp³-hybridized carbons (Fsp3) is 0.333. The summed E-state index contributed by atoms with van der Waals surface area (Å²) in [7, 11) is 0. The van der Waals surface area contributed by atoms with Crippen molar-refractivity contribution < 1.29 is 14.3 Å². The first kappa shape index (κ1) is 23.5. The molecule has 6 nitrogen and oxygen atoms in total. The van der Waals surface area contributed by atoms with Crippen molar-refractivity contribution in [1.29, 1.82) is 0 Å². The average molecular weight is 406 g/mol. The quantitative estimate of drug-likeness (QED) is 0.596. The van der Waals surface area contributed by atoms with Gasteiger partial charge in [-0.1, -0.05) is 44.2 Å². The zero-order valence-electron chi connectivity index (χ0n) is 16.2. The number of rotatable bonds is 9. The van der Waals surface area contributed by atoms with Gasteiger partial charge in [-0.25, -0.2) is 0 Å². The zero-order valence-corrected chi connectivity index (χ0v) is 17.0. The molecule has 0 spiro atoms. The highest BCUT2D eigenvalue weighted by Gasteiger charge is 2.09. The molecule has 7 heteroatoms. The van der Waals surface area contributed by atoms with Gasteiger partial charge >= 0.3 is 0 Å². The summed E-state index contributed by atoms with van der Waals surface area (Å²) in [6.07, 6.45) is 0.194. The van der Waals surface area contributed by atoms with Gasteiger partial charge in [0, 0.05) is 18.2 Å². The van der Waals surface area contributed by atoms with Gasteiger partial charge in [0.25, 0.3) is 0 Å². The second-order valence-corrected chi connectivity index (χ2v) is 6.72. The van der Waals surface area contributed by atoms with Crippen LogP contribution in [0.15, 0.2) is 48.5 Å². The SMILES string of the molecule is CC(C)c1ccc(C(N)CNC(=O)CCOc2cccc(C(N)=O)c2)cc1.Cl. The van der Waals surface area contributed by atoms with Crippen LogP contribution in [0.2, 0.25) is 0 Å². The van der Waals surface area contributed by atoms with Crippen LogP contribution in [0.25, 0.3) is 0 Å². The Morgan fingerprint density at radius 2 is 1.71 bits per heavy atom. The lowest BCUT2D eigenvalue weighted by molar-refractivity contribution is -0.121. The molecule has 1 atom stereocenters. The number of halogens is 1. The minimum absolute atomic E-state index is 0. The summed E-state index contributed by atoms with van der Waals surface area (Å²) in [6.45, 7) is 4.84. The van der Waals surface area contributed by atoms with E-state index in [4.69, 9.17) is 16.2 Å². The topological polar surface area (TPSA) is 107 Å². The molecular weight excluding hydrogens is 378 g/mol. The minimum atomic E-state index is -0.520. The van der Waals surface area contributed by atoms with E-state index in [9.17, 15) is 9.59 Å². The number of ether oxygens (including phenoxy) is 1. The van der Waals surface area contributed by atoms with Gasteiger partial charge in [-0.3, -0.25) is 9.59 Å². The number of hydrogen-bond donors (Lipinski definition) is 3. The molecule has 0 radical (unpaired) electrons. The van der Waals surface area contributed by atoms with Crippen molar-refractivity contribution in [3.8, 4) is 5.75 Å². The van der Waals surface area contributed by atoms with Crippen LogP contribution in [0, 0.1) is 0 Å². The number of nitrogens with one attached hydrogen (secondary N) is 1. The molecule has 0 aliphatic carbocycles. The molecule has 0 aliphatic heterocycles. The molecule has 2 amide bonds. The standard InChI is InChI=1S/C21H27N3O3.ClH/c1-14(2)15-6-8-16(9-7-15)19(22)13-24-20(25)10-11-27-18-5-3-4-17(12-18)21(23)26;/h3-9,12,14,19H,10-11,13,22H2,1-2H3,(H2,23,26)(H,24,25);1H. The monoisotopic (exact) mass is 405 g/mol. The van der Waals surface area contributed by atoms with E-state index in [-0.39, 0.29) is 37.4 Å². The second-order valence-electron chi connectivity index (χ2n) is 6.72. The van der Waals surface area contributed by atoms with E-state index < -0.39 is 5.91 Å². The lowest BCUT2D eigenvalue weighted by atomic mass is 9.99. The number of benzene rings is 2. The molecular formula is C21H28ClN3O3. The number of hydrogen-bond acceptors (Lipinski definition) is 4. The Hall–Kier alpha value is -2.57. The summed E-state index contributed by atoms with van der Waals surface area (Å²) < 4.78 is 5.49. The van der Waals surface area contributed by atoms with E-state index in [1.54, 1.807) is 24.3 Å². The summed E-state index contributed by atoms with van der Waals surface area (Å²) in [5.74, 6) is 0.309. The third kappa shape index (κ3) is 7.21. The summed E-state index contributed by atoms with van der Waals surface area (Å²) in [5.41, 5.74) is 14.0. The molecule has 5 N–H and O–H groups in total. The Morgan fingerprint density at radius 1 is 1.07 bits per heavy atom. The first-order valence-corrected chi connectivity index (χ1v) is 9.01. The van der Waals surface area contributed by atoms with Crippen LogP contribution < -0.4 is 21.5 Å².